The molecular formula is C30H43N7O6. The van der Waals surface area contributed by atoms with Gasteiger partial charge >= 0.3 is 5.97 Å². The smallest absolute Gasteiger partial charge is 0.326 e. The quantitative estimate of drug-likeness (QED) is 0.0702. The number of phenols is 1. The predicted octanol–water partition coefficient (Wildman–Crippen LogP) is 0.143. The molecule has 3 amide bonds. The number of carboxylic acids is 1. The molecule has 0 aliphatic rings. The molecule has 0 heterocycles. The van der Waals surface area contributed by atoms with Gasteiger partial charge in [-0.1, -0.05) is 62.7 Å². The van der Waals surface area contributed by atoms with E-state index in [1.54, 1.807) is 49.4 Å². The Morgan fingerprint density at radius 2 is 1.42 bits per heavy atom. The number of guanidine groups is 1. The second kappa shape index (κ2) is 17.3. The Labute approximate surface area is 251 Å². The molecule has 0 aromatic heterocycles. The molecule has 2 aromatic carbocycles. The summed E-state index contributed by atoms with van der Waals surface area (Å²) in [5.41, 5.74) is 18.0. The first-order chi connectivity index (χ1) is 20.4. The molecule has 2 rings (SSSR count). The maximum atomic E-state index is 13.6. The number of carbonyl (C=O) groups is 4. The first-order valence-electron chi connectivity index (χ1n) is 14.2. The van der Waals surface area contributed by atoms with Crippen LogP contribution >= 0.6 is 0 Å². The Balaban J connectivity index is 2.23. The number of aromatic hydroxyl groups is 1. The van der Waals surface area contributed by atoms with E-state index in [-0.39, 0.29) is 36.9 Å². The minimum atomic E-state index is -1.25. The summed E-state index contributed by atoms with van der Waals surface area (Å²) < 4.78 is 0. The Hall–Kier alpha value is -4.65. The zero-order chi connectivity index (χ0) is 31.9. The monoisotopic (exact) mass is 597 g/mol. The van der Waals surface area contributed by atoms with Crippen LogP contribution in [0.15, 0.2) is 59.6 Å². The van der Waals surface area contributed by atoms with Gasteiger partial charge in [-0.2, -0.15) is 0 Å². The van der Waals surface area contributed by atoms with Crippen molar-refractivity contribution in [3.05, 3.63) is 65.7 Å². The predicted molar refractivity (Wildman–Crippen MR) is 163 cm³/mol. The second-order valence-corrected chi connectivity index (χ2v) is 10.4. The van der Waals surface area contributed by atoms with Crippen LogP contribution in [0.2, 0.25) is 0 Å². The molecule has 0 saturated heterocycles. The molecule has 0 aliphatic carbocycles. The van der Waals surface area contributed by atoms with Crippen LogP contribution in [0.3, 0.4) is 0 Å². The highest BCUT2D eigenvalue weighted by atomic mass is 16.4. The molecule has 5 atom stereocenters. The van der Waals surface area contributed by atoms with Crippen LogP contribution in [0.5, 0.6) is 5.75 Å². The molecule has 0 saturated carbocycles. The Kier molecular flexibility index (Phi) is 13.9. The summed E-state index contributed by atoms with van der Waals surface area (Å²) >= 11 is 0. The van der Waals surface area contributed by atoms with Crippen LogP contribution in [0.25, 0.3) is 0 Å². The van der Waals surface area contributed by atoms with Gasteiger partial charge in [-0.3, -0.25) is 19.4 Å². The van der Waals surface area contributed by atoms with Gasteiger partial charge in [0.05, 0.1) is 6.04 Å². The summed E-state index contributed by atoms with van der Waals surface area (Å²) in [6, 6.07) is 10.5. The van der Waals surface area contributed by atoms with Gasteiger partial charge in [0.2, 0.25) is 17.7 Å². The van der Waals surface area contributed by atoms with E-state index in [9.17, 15) is 29.4 Å². The largest absolute Gasteiger partial charge is 0.508 e. The number of benzene rings is 2. The number of aliphatic carboxylic acids is 1. The van der Waals surface area contributed by atoms with E-state index >= 15 is 0 Å². The van der Waals surface area contributed by atoms with Crippen LogP contribution in [-0.2, 0) is 32.0 Å². The van der Waals surface area contributed by atoms with E-state index in [4.69, 9.17) is 17.2 Å². The lowest BCUT2D eigenvalue weighted by molar-refractivity contribution is -0.142. The number of phenolic OH excluding ortho intramolecular Hbond substituents is 1. The van der Waals surface area contributed by atoms with Crippen molar-refractivity contribution >= 4 is 29.7 Å². The second-order valence-electron chi connectivity index (χ2n) is 10.4. The lowest BCUT2D eigenvalue weighted by atomic mass is 9.96. The molecule has 11 N–H and O–H groups in total. The molecular weight excluding hydrogens is 554 g/mol. The number of aliphatic imine (C=N–C) groups is 1. The third kappa shape index (κ3) is 12.0. The fourth-order valence-electron chi connectivity index (χ4n) is 4.27. The van der Waals surface area contributed by atoms with Crippen molar-refractivity contribution in [2.45, 2.75) is 70.1 Å². The summed E-state index contributed by atoms with van der Waals surface area (Å²) in [5, 5.41) is 27.4. The molecule has 0 bridgehead atoms. The van der Waals surface area contributed by atoms with E-state index in [1.807, 2.05) is 6.92 Å². The molecule has 13 nitrogen and oxygen atoms in total. The van der Waals surface area contributed by atoms with E-state index in [0.717, 1.165) is 0 Å². The zero-order valence-corrected chi connectivity index (χ0v) is 24.5. The molecule has 0 radical (unpaired) electrons. The fourth-order valence-corrected chi connectivity index (χ4v) is 4.27. The summed E-state index contributed by atoms with van der Waals surface area (Å²) in [7, 11) is 0. The summed E-state index contributed by atoms with van der Waals surface area (Å²) in [4.78, 5) is 55.8. The van der Waals surface area contributed by atoms with Gasteiger partial charge in [-0.05, 0) is 42.0 Å². The highest BCUT2D eigenvalue weighted by Crippen LogP contribution is 2.14. The number of nitrogens with one attached hydrogen (secondary N) is 3. The number of nitrogens with zero attached hydrogens (tertiary/aromatic N) is 1. The first kappa shape index (κ1) is 34.6. The normalized spacial score (nSPS) is 14.3. The van der Waals surface area contributed by atoms with E-state index in [0.29, 0.717) is 30.5 Å². The minimum Gasteiger partial charge on any atom is -0.508 e. The number of carboxylic acid groups (broad SMARTS) is 1. The number of amides is 3. The van der Waals surface area contributed by atoms with Crippen LogP contribution < -0.4 is 33.2 Å². The van der Waals surface area contributed by atoms with Crippen LogP contribution in [0.4, 0.5) is 0 Å². The first-order valence-corrected chi connectivity index (χ1v) is 14.2. The number of hydrogen-bond acceptors (Lipinski definition) is 7. The third-order valence-corrected chi connectivity index (χ3v) is 7.00. The molecule has 0 fully saturated rings. The molecule has 43 heavy (non-hydrogen) atoms. The maximum absolute atomic E-state index is 13.6. The van der Waals surface area contributed by atoms with Crippen LogP contribution in [0.1, 0.15) is 44.2 Å². The third-order valence-electron chi connectivity index (χ3n) is 7.00. The van der Waals surface area contributed by atoms with E-state index in [2.05, 4.69) is 20.9 Å². The molecule has 0 spiro atoms. The van der Waals surface area contributed by atoms with Gasteiger partial charge < -0.3 is 43.4 Å². The molecule has 2 aromatic rings. The average Bonchev–Trinajstić information content (AvgIpc) is 2.98. The van der Waals surface area contributed by atoms with Crippen molar-refractivity contribution < 1.29 is 29.4 Å². The van der Waals surface area contributed by atoms with Crippen LogP contribution in [-0.4, -0.2) is 70.6 Å². The Morgan fingerprint density at radius 1 is 0.837 bits per heavy atom. The highest BCUT2D eigenvalue weighted by Gasteiger charge is 2.32. The van der Waals surface area contributed by atoms with Crippen molar-refractivity contribution in [1.29, 1.82) is 0 Å². The lowest BCUT2D eigenvalue weighted by Gasteiger charge is -2.28. The number of rotatable bonds is 17. The number of nitrogens with two attached hydrogens (primary N) is 3. The van der Waals surface area contributed by atoms with E-state index in [1.165, 1.54) is 12.1 Å². The van der Waals surface area contributed by atoms with Crippen molar-refractivity contribution in [3.8, 4) is 5.75 Å². The number of carbonyl (C=O) groups excluding carboxylic acids is 3. The molecule has 234 valence electrons. The standard InChI is InChI=1S/C30H43N7O6/c1-3-18(2)25(37-26(39)22(31)10-7-15-34-30(32)33)28(41)35-23(16-20-11-13-21(38)14-12-20)27(40)36-24(29(42)43)17-19-8-5-4-6-9-19/h4-6,8-9,11-14,18,22-25,38H,3,7,10,15-17,31H2,1-2H3,(H,35,41)(H,36,40)(H,37,39)(H,42,43)(H4,32,33,34). The summed E-state index contributed by atoms with van der Waals surface area (Å²) in [6.07, 6.45) is 1.30. The maximum Gasteiger partial charge on any atom is 0.326 e. The lowest BCUT2D eigenvalue weighted by Crippen LogP contribution is -2.59. The van der Waals surface area contributed by atoms with Crippen molar-refractivity contribution in [1.82, 2.24) is 16.0 Å². The van der Waals surface area contributed by atoms with Crippen molar-refractivity contribution in [3.63, 3.8) is 0 Å². The Morgan fingerprint density at radius 3 is 2.00 bits per heavy atom. The zero-order valence-electron chi connectivity index (χ0n) is 24.5. The number of hydrogen-bond donors (Lipinski definition) is 8. The van der Waals surface area contributed by atoms with Gasteiger partial charge in [0.15, 0.2) is 5.96 Å². The average molecular weight is 598 g/mol. The van der Waals surface area contributed by atoms with E-state index < -0.39 is 47.9 Å². The van der Waals surface area contributed by atoms with Gasteiger partial charge in [0, 0.05) is 19.4 Å². The molecule has 5 unspecified atom stereocenters. The van der Waals surface area contributed by atoms with Crippen molar-refractivity contribution in [2.75, 3.05) is 6.54 Å². The fraction of sp³-hybridized carbons (Fsp3) is 0.433. The Bertz CT molecular complexity index is 1240. The van der Waals surface area contributed by atoms with Gasteiger partial charge in [0.1, 0.15) is 23.9 Å². The molecule has 0 aliphatic heterocycles. The van der Waals surface area contributed by atoms with Crippen molar-refractivity contribution in [2.24, 2.45) is 28.1 Å². The topological polar surface area (TPSA) is 235 Å². The summed E-state index contributed by atoms with van der Waals surface area (Å²) in [5.74, 6) is -3.47. The SMILES string of the molecule is CCC(C)C(NC(=O)C(N)CCCN=C(N)N)C(=O)NC(Cc1ccc(O)cc1)C(=O)NC(Cc1ccccc1)C(=O)O. The highest BCUT2D eigenvalue weighted by molar-refractivity contribution is 5.94. The molecule has 13 heteroatoms. The van der Waals surface area contributed by atoms with Gasteiger partial charge in [-0.25, -0.2) is 4.79 Å². The van der Waals surface area contributed by atoms with Crippen LogP contribution in [0, 0.1) is 5.92 Å². The van der Waals surface area contributed by atoms with Gasteiger partial charge in [-0.15, -0.1) is 0 Å². The summed E-state index contributed by atoms with van der Waals surface area (Å²) in [6.45, 7) is 3.94. The van der Waals surface area contributed by atoms with Gasteiger partial charge in [0.25, 0.3) is 0 Å². The minimum absolute atomic E-state index is 0.000999.